The van der Waals surface area contributed by atoms with E-state index in [2.05, 4.69) is 18.3 Å². The van der Waals surface area contributed by atoms with Crippen LogP contribution in [0.5, 0.6) is 0 Å². The monoisotopic (exact) mass is 266 g/mol. The third-order valence-corrected chi connectivity index (χ3v) is 3.41. The first kappa shape index (κ1) is 18.0. The van der Waals surface area contributed by atoms with Crippen molar-refractivity contribution < 1.29 is 4.79 Å². The van der Waals surface area contributed by atoms with Crippen molar-refractivity contribution in [2.75, 3.05) is 0 Å². The maximum atomic E-state index is 11.5. The number of carbonyl (C=O) groups is 1. The first-order valence-corrected chi connectivity index (χ1v) is 7.93. The number of rotatable bonds is 12. The van der Waals surface area contributed by atoms with Crippen LogP contribution in [0.4, 0.5) is 0 Å². The maximum absolute atomic E-state index is 11.5. The van der Waals surface area contributed by atoms with Gasteiger partial charge in [0.1, 0.15) is 6.04 Å². The van der Waals surface area contributed by atoms with Crippen LogP contribution in [0.25, 0.3) is 0 Å². The average molecular weight is 266 g/mol. The first-order chi connectivity index (χ1) is 9.24. The SMILES string of the molecule is CCCCCCCCCCCC(=O)NC(C#N)CC. The zero-order valence-corrected chi connectivity index (χ0v) is 12.7. The van der Waals surface area contributed by atoms with E-state index in [1.54, 1.807) is 0 Å². The summed E-state index contributed by atoms with van der Waals surface area (Å²) < 4.78 is 0. The van der Waals surface area contributed by atoms with Gasteiger partial charge < -0.3 is 5.32 Å². The van der Waals surface area contributed by atoms with Crippen molar-refractivity contribution in [1.29, 1.82) is 5.26 Å². The van der Waals surface area contributed by atoms with Crippen LogP contribution in [0.1, 0.15) is 84.5 Å². The molecule has 0 aromatic carbocycles. The van der Waals surface area contributed by atoms with Crippen molar-refractivity contribution in [1.82, 2.24) is 5.32 Å². The molecule has 110 valence electrons. The van der Waals surface area contributed by atoms with Crippen LogP contribution in [0.2, 0.25) is 0 Å². The molecule has 0 saturated carbocycles. The summed E-state index contributed by atoms with van der Waals surface area (Å²) >= 11 is 0. The van der Waals surface area contributed by atoms with Gasteiger partial charge in [-0.3, -0.25) is 4.79 Å². The number of hydrogen-bond donors (Lipinski definition) is 1. The quantitative estimate of drug-likeness (QED) is 0.535. The van der Waals surface area contributed by atoms with Crippen molar-refractivity contribution >= 4 is 5.91 Å². The van der Waals surface area contributed by atoms with Gasteiger partial charge in [0.05, 0.1) is 6.07 Å². The topological polar surface area (TPSA) is 52.9 Å². The highest BCUT2D eigenvalue weighted by molar-refractivity contribution is 5.76. The molecule has 0 aliphatic carbocycles. The number of hydrogen-bond acceptors (Lipinski definition) is 2. The van der Waals surface area contributed by atoms with E-state index in [9.17, 15) is 4.79 Å². The molecule has 0 aromatic rings. The molecule has 0 saturated heterocycles. The summed E-state index contributed by atoms with van der Waals surface area (Å²) in [4.78, 5) is 11.5. The van der Waals surface area contributed by atoms with E-state index < -0.39 is 0 Å². The summed E-state index contributed by atoms with van der Waals surface area (Å²) in [5.41, 5.74) is 0. The summed E-state index contributed by atoms with van der Waals surface area (Å²) in [6, 6.07) is 1.77. The molecule has 0 spiro atoms. The lowest BCUT2D eigenvalue weighted by Crippen LogP contribution is -2.32. The van der Waals surface area contributed by atoms with Crippen molar-refractivity contribution in [3.63, 3.8) is 0 Å². The van der Waals surface area contributed by atoms with Gasteiger partial charge in [-0.2, -0.15) is 5.26 Å². The summed E-state index contributed by atoms with van der Waals surface area (Å²) in [5.74, 6) is 0.0244. The minimum Gasteiger partial charge on any atom is -0.340 e. The molecule has 3 heteroatoms. The molecule has 0 aliphatic rings. The fraction of sp³-hybridized carbons (Fsp3) is 0.875. The molecule has 19 heavy (non-hydrogen) atoms. The van der Waals surface area contributed by atoms with Gasteiger partial charge in [-0.25, -0.2) is 0 Å². The smallest absolute Gasteiger partial charge is 0.221 e. The summed E-state index contributed by atoms with van der Waals surface area (Å²) in [6.45, 7) is 4.15. The molecule has 0 radical (unpaired) electrons. The first-order valence-electron chi connectivity index (χ1n) is 7.93. The van der Waals surface area contributed by atoms with Crippen LogP contribution in [0, 0.1) is 11.3 Å². The number of nitrogens with one attached hydrogen (secondary N) is 1. The Kier molecular flexibility index (Phi) is 12.7. The molecular weight excluding hydrogens is 236 g/mol. The maximum Gasteiger partial charge on any atom is 0.221 e. The van der Waals surface area contributed by atoms with Gasteiger partial charge >= 0.3 is 0 Å². The molecular formula is C16H30N2O. The zero-order valence-electron chi connectivity index (χ0n) is 12.7. The molecule has 0 aliphatic heterocycles. The molecule has 1 unspecified atom stereocenters. The number of carbonyl (C=O) groups excluding carboxylic acids is 1. The van der Waals surface area contributed by atoms with Gasteiger partial charge in [0.25, 0.3) is 0 Å². The van der Waals surface area contributed by atoms with Crippen LogP contribution < -0.4 is 5.32 Å². The standard InChI is InChI=1S/C16H30N2O/c1-3-5-6-7-8-9-10-11-12-13-16(19)18-15(4-2)14-17/h15H,3-13H2,1-2H3,(H,18,19). The Morgan fingerprint density at radius 3 is 2.00 bits per heavy atom. The fourth-order valence-corrected chi connectivity index (χ4v) is 2.09. The van der Waals surface area contributed by atoms with E-state index in [0.29, 0.717) is 12.8 Å². The lowest BCUT2D eigenvalue weighted by atomic mass is 10.1. The number of nitrogens with zero attached hydrogens (tertiary/aromatic N) is 1. The Hall–Kier alpha value is -1.04. The van der Waals surface area contributed by atoms with Crippen molar-refractivity contribution in [3.8, 4) is 6.07 Å². The van der Waals surface area contributed by atoms with E-state index in [0.717, 1.165) is 12.8 Å². The van der Waals surface area contributed by atoms with Gasteiger partial charge in [-0.15, -0.1) is 0 Å². The Bertz CT molecular complexity index is 258. The van der Waals surface area contributed by atoms with Crippen LogP contribution in [-0.4, -0.2) is 11.9 Å². The van der Waals surface area contributed by atoms with Crippen molar-refractivity contribution in [2.45, 2.75) is 90.5 Å². The summed E-state index contributed by atoms with van der Waals surface area (Å²) in [6.07, 6.45) is 12.6. The molecule has 3 nitrogen and oxygen atoms in total. The van der Waals surface area contributed by atoms with E-state index >= 15 is 0 Å². The third-order valence-electron chi connectivity index (χ3n) is 3.41. The molecule has 1 N–H and O–H groups in total. The van der Waals surface area contributed by atoms with Crippen LogP contribution in [0.15, 0.2) is 0 Å². The molecule has 1 amide bonds. The number of unbranched alkanes of at least 4 members (excludes halogenated alkanes) is 8. The predicted molar refractivity (Wildman–Crippen MR) is 79.7 cm³/mol. The van der Waals surface area contributed by atoms with Gasteiger partial charge in [-0.1, -0.05) is 65.2 Å². The lowest BCUT2D eigenvalue weighted by molar-refractivity contribution is -0.121. The molecule has 1 atom stereocenters. The third kappa shape index (κ3) is 11.8. The predicted octanol–water partition coefficient (Wildman–Crippen LogP) is 4.33. The Morgan fingerprint density at radius 2 is 1.53 bits per heavy atom. The van der Waals surface area contributed by atoms with Gasteiger partial charge in [-0.05, 0) is 12.8 Å². The second-order valence-corrected chi connectivity index (χ2v) is 5.24. The largest absolute Gasteiger partial charge is 0.340 e. The van der Waals surface area contributed by atoms with E-state index in [1.807, 2.05) is 6.92 Å². The van der Waals surface area contributed by atoms with Crippen molar-refractivity contribution in [3.05, 3.63) is 0 Å². The Labute approximate surface area is 118 Å². The molecule has 0 bridgehead atoms. The highest BCUT2D eigenvalue weighted by Crippen LogP contribution is 2.10. The van der Waals surface area contributed by atoms with Gasteiger partial charge in [0.15, 0.2) is 0 Å². The van der Waals surface area contributed by atoms with Crippen LogP contribution in [-0.2, 0) is 4.79 Å². The van der Waals surface area contributed by atoms with E-state index in [4.69, 9.17) is 5.26 Å². The van der Waals surface area contributed by atoms with E-state index in [-0.39, 0.29) is 11.9 Å². The summed E-state index contributed by atoms with van der Waals surface area (Å²) in [5, 5.41) is 11.5. The molecule has 0 fully saturated rings. The zero-order chi connectivity index (χ0) is 14.3. The average Bonchev–Trinajstić information content (AvgIpc) is 2.43. The molecule has 0 heterocycles. The minimum atomic E-state index is -0.314. The number of amides is 1. The second kappa shape index (κ2) is 13.4. The highest BCUT2D eigenvalue weighted by atomic mass is 16.1. The van der Waals surface area contributed by atoms with Gasteiger partial charge in [0, 0.05) is 6.42 Å². The van der Waals surface area contributed by atoms with Crippen LogP contribution >= 0.6 is 0 Å². The Balaban J connectivity index is 3.30. The van der Waals surface area contributed by atoms with Crippen LogP contribution in [0.3, 0.4) is 0 Å². The minimum absolute atomic E-state index is 0.0244. The molecule has 0 rings (SSSR count). The van der Waals surface area contributed by atoms with E-state index in [1.165, 1.54) is 44.9 Å². The van der Waals surface area contributed by atoms with Crippen molar-refractivity contribution in [2.24, 2.45) is 0 Å². The lowest BCUT2D eigenvalue weighted by Gasteiger charge is -2.08. The highest BCUT2D eigenvalue weighted by Gasteiger charge is 2.07. The normalized spacial score (nSPS) is 11.8. The fourth-order valence-electron chi connectivity index (χ4n) is 2.09. The summed E-state index contributed by atoms with van der Waals surface area (Å²) in [7, 11) is 0. The second-order valence-electron chi connectivity index (χ2n) is 5.24. The Morgan fingerprint density at radius 1 is 1.00 bits per heavy atom. The van der Waals surface area contributed by atoms with Gasteiger partial charge in [0.2, 0.25) is 5.91 Å². The number of nitriles is 1. The molecule has 0 aromatic heterocycles.